The predicted octanol–water partition coefficient (Wildman–Crippen LogP) is 1.56. The summed E-state index contributed by atoms with van der Waals surface area (Å²) in [6.07, 6.45) is 0.583. The van der Waals surface area contributed by atoms with Crippen LogP contribution in [-0.2, 0) is 24.3 Å². The highest BCUT2D eigenvalue weighted by molar-refractivity contribution is 5.80. The number of para-hydroxylation sites is 2. The van der Waals surface area contributed by atoms with Crippen molar-refractivity contribution < 1.29 is 14.3 Å². The molecule has 3 rings (SSSR count). The third kappa shape index (κ3) is 4.22. The number of hydrogen-bond donors (Lipinski definition) is 1. The van der Waals surface area contributed by atoms with Gasteiger partial charge in [-0.25, -0.2) is 0 Å². The number of hydrogen-bond acceptors (Lipinski definition) is 5. The van der Waals surface area contributed by atoms with Crippen LogP contribution in [-0.4, -0.2) is 35.8 Å². The van der Waals surface area contributed by atoms with Crippen LogP contribution in [0.5, 0.6) is 11.5 Å². The highest BCUT2D eigenvalue weighted by Gasteiger charge is 2.14. The van der Waals surface area contributed by atoms with Crippen LogP contribution in [0.1, 0.15) is 12.5 Å². The van der Waals surface area contributed by atoms with E-state index >= 15 is 0 Å². The van der Waals surface area contributed by atoms with Gasteiger partial charge in [0.15, 0.2) is 11.5 Å². The first-order valence-corrected chi connectivity index (χ1v) is 9.70. The second kappa shape index (κ2) is 9.30. The van der Waals surface area contributed by atoms with E-state index in [1.54, 1.807) is 45.4 Å². The monoisotopic (exact) mass is 411 g/mol. The highest BCUT2D eigenvalue weighted by atomic mass is 16.5. The van der Waals surface area contributed by atoms with E-state index in [0.29, 0.717) is 42.0 Å². The minimum atomic E-state index is -0.703. The van der Waals surface area contributed by atoms with Crippen molar-refractivity contribution in [2.45, 2.75) is 26.4 Å². The third-order valence-electron chi connectivity index (χ3n) is 4.94. The molecule has 0 saturated heterocycles. The van der Waals surface area contributed by atoms with Crippen LogP contribution >= 0.6 is 0 Å². The number of fused-ring (bicyclic) bond motifs is 1. The summed E-state index contributed by atoms with van der Waals surface area (Å²) in [6, 6.07) is 12.6. The second-order valence-corrected chi connectivity index (χ2v) is 6.72. The number of nitrogens with zero attached hydrogens (tertiary/aromatic N) is 2. The van der Waals surface area contributed by atoms with Gasteiger partial charge in [0.2, 0.25) is 5.91 Å². The molecule has 0 bridgehead atoms. The zero-order valence-corrected chi connectivity index (χ0v) is 17.3. The molecule has 3 aromatic rings. The van der Waals surface area contributed by atoms with E-state index in [0.717, 1.165) is 5.56 Å². The molecule has 0 aliphatic heterocycles. The van der Waals surface area contributed by atoms with Crippen molar-refractivity contribution in [3.8, 4) is 11.5 Å². The fraction of sp³-hybridized carbons (Fsp3) is 0.318. The standard InChI is InChI=1S/C22H25N3O5/c1-4-24-16-7-5-6-8-17(16)25(22(28)21(24)27)14-20(26)23-12-11-15-9-10-18(29-2)19(13-15)30-3/h5-10,13H,4,11-12,14H2,1-3H3,(H,23,26). The second-order valence-electron chi connectivity index (χ2n) is 6.72. The Labute approximate surface area is 173 Å². The number of aryl methyl sites for hydroxylation is 1. The predicted molar refractivity (Wildman–Crippen MR) is 114 cm³/mol. The van der Waals surface area contributed by atoms with E-state index in [2.05, 4.69) is 5.32 Å². The number of benzene rings is 2. The molecule has 158 valence electrons. The number of amides is 1. The molecule has 30 heavy (non-hydrogen) atoms. The van der Waals surface area contributed by atoms with Gasteiger partial charge in [0.05, 0.1) is 25.3 Å². The van der Waals surface area contributed by atoms with E-state index in [1.165, 1.54) is 9.13 Å². The molecule has 1 heterocycles. The molecular formula is C22H25N3O5. The maximum atomic E-state index is 12.5. The molecule has 0 spiro atoms. The Hall–Kier alpha value is -3.55. The van der Waals surface area contributed by atoms with Crippen molar-refractivity contribution >= 4 is 16.9 Å². The van der Waals surface area contributed by atoms with Gasteiger partial charge in [0, 0.05) is 13.1 Å². The summed E-state index contributed by atoms with van der Waals surface area (Å²) in [5.74, 6) is 0.922. The molecule has 0 unspecified atom stereocenters. The van der Waals surface area contributed by atoms with Crippen molar-refractivity contribution in [2.24, 2.45) is 0 Å². The summed E-state index contributed by atoms with van der Waals surface area (Å²) in [7, 11) is 3.14. The molecule has 0 saturated carbocycles. The molecule has 1 N–H and O–H groups in total. The first-order chi connectivity index (χ1) is 14.5. The number of rotatable bonds is 8. The van der Waals surface area contributed by atoms with Crippen molar-refractivity contribution in [1.29, 1.82) is 0 Å². The molecule has 8 nitrogen and oxygen atoms in total. The van der Waals surface area contributed by atoms with Crippen molar-refractivity contribution in [3.63, 3.8) is 0 Å². The minimum absolute atomic E-state index is 0.217. The topological polar surface area (TPSA) is 91.6 Å². The van der Waals surface area contributed by atoms with Crippen LogP contribution in [0, 0.1) is 0 Å². The summed E-state index contributed by atoms with van der Waals surface area (Å²) in [4.78, 5) is 37.4. The molecular weight excluding hydrogens is 386 g/mol. The summed E-state index contributed by atoms with van der Waals surface area (Å²) < 4.78 is 13.2. The largest absolute Gasteiger partial charge is 0.493 e. The molecule has 1 aromatic heterocycles. The average molecular weight is 411 g/mol. The van der Waals surface area contributed by atoms with E-state index in [-0.39, 0.29) is 12.5 Å². The van der Waals surface area contributed by atoms with E-state index in [9.17, 15) is 14.4 Å². The first-order valence-electron chi connectivity index (χ1n) is 9.70. The van der Waals surface area contributed by atoms with Crippen LogP contribution < -0.4 is 25.9 Å². The Kier molecular flexibility index (Phi) is 6.56. The summed E-state index contributed by atoms with van der Waals surface area (Å²) >= 11 is 0. The Morgan fingerprint density at radius 1 is 0.933 bits per heavy atom. The van der Waals surface area contributed by atoms with Gasteiger partial charge in [-0.2, -0.15) is 0 Å². The molecule has 1 amide bonds. The molecule has 0 aliphatic carbocycles. The van der Waals surface area contributed by atoms with E-state index in [1.807, 2.05) is 18.2 Å². The van der Waals surface area contributed by atoms with Crippen LogP contribution in [0.25, 0.3) is 11.0 Å². The van der Waals surface area contributed by atoms with Crippen LogP contribution in [0.2, 0.25) is 0 Å². The quantitative estimate of drug-likeness (QED) is 0.568. The number of aromatic nitrogens is 2. The summed E-state index contributed by atoms with van der Waals surface area (Å²) in [6.45, 7) is 2.35. The molecule has 0 fully saturated rings. The summed E-state index contributed by atoms with van der Waals surface area (Å²) in [5.41, 5.74) is 0.822. The Morgan fingerprint density at radius 2 is 1.57 bits per heavy atom. The Bertz CT molecular complexity index is 1180. The lowest BCUT2D eigenvalue weighted by Gasteiger charge is -2.14. The molecule has 0 radical (unpaired) electrons. The van der Waals surface area contributed by atoms with Crippen LogP contribution in [0.4, 0.5) is 0 Å². The Balaban J connectivity index is 1.73. The van der Waals surface area contributed by atoms with Gasteiger partial charge < -0.3 is 19.4 Å². The van der Waals surface area contributed by atoms with Crippen molar-refractivity contribution in [2.75, 3.05) is 20.8 Å². The van der Waals surface area contributed by atoms with Gasteiger partial charge >= 0.3 is 11.1 Å². The highest BCUT2D eigenvalue weighted by Crippen LogP contribution is 2.27. The van der Waals surface area contributed by atoms with Gasteiger partial charge in [-0.1, -0.05) is 18.2 Å². The number of methoxy groups -OCH3 is 2. The molecule has 8 heteroatoms. The molecule has 0 aliphatic rings. The lowest BCUT2D eigenvalue weighted by atomic mass is 10.1. The maximum Gasteiger partial charge on any atom is 0.317 e. The molecule has 2 aromatic carbocycles. The number of carbonyl (C=O) groups is 1. The van der Waals surface area contributed by atoms with Crippen molar-refractivity contribution in [3.05, 3.63) is 68.7 Å². The van der Waals surface area contributed by atoms with E-state index in [4.69, 9.17) is 9.47 Å². The van der Waals surface area contributed by atoms with Crippen LogP contribution in [0.3, 0.4) is 0 Å². The number of ether oxygens (including phenoxy) is 2. The van der Waals surface area contributed by atoms with Gasteiger partial charge in [-0.15, -0.1) is 0 Å². The minimum Gasteiger partial charge on any atom is -0.493 e. The zero-order chi connectivity index (χ0) is 21.7. The number of carbonyl (C=O) groups excluding carboxylic acids is 1. The smallest absolute Gasteiger partial charge is 0.317 e. The van der Waals surface area contributed by atoms with Crippen molar-refractivity contribution in [1.82, 2.24) is 14.5 Å². The zero-order valence-electron chi connectivity index (χ0n) is 17.3. The fourth-order valence-electron chi connectivity index (χ4n) is 3.42. The Morgan fingerprint density at radius 3 is 2.20 bits per heavy atom. The average Bonchev–Trinajstić information content (AvgIpc) is 2.77. The van der Waals surface area contributed by atoms with Gasteiger partial charge in [0.25, 0.3) is 0 Å². The molecule has 0 atom stereocenters. The van der Waals surface area contributed by atoms with Gasteiger partial charge in [-0.3, -0.25) is 19.0 Å². The van der Waals surface area contributed by atoms with Gasteiger partial charge in [-0.05, 0) is 43.2 Å². The first kappa shape index (κ1) is 21.2. The lowest BCUT2D eigenvalue weighted by molar-refractivity contribution is -0.121. The third-order valence-corrected chi connectivity index (χ3v) is 4.94. The fourth-order valence-corrected chi connectivity index (χ4v) is 3.42. The normalized spacial score (nSPS) is 10.8. The van der Waals surface area contributed by atoms with Crippen LogP contribution in [0.15, 0.2) is 52.1 Å². The maximum absolute atomic E-state index is 12.5. The van der Waals surface area contributed by atoms with E-state index < -0.39 is 11.1 Å². The number of nitrogens with one attached hydrogen (secondary N) is 1. The SMILES string of the molecule is CCn1c(=O)c(=O)n(CC(=O)NCCc2ccc(OC)c(OC)c2)c2ccccc21. The lowest BCUT2D eigenvalue weighted by Crippen LogP contribution is -2.43. The summed E-state index contributed by atoms with van der Waals surface area (Å²) in [5, 5.41) is 2.81. The van der Waals surface area contributed by atoms with Gasteiger partial charge in [0.1, 0.15) is 6.54 Å².